The Balaban J connectivity index is 2.09. The number of carbonyl (C=O) groups excluding carboxylic acids is 2. The van der Waals surface area contributed by atoms with Crippen LogP contribution in [0.25, 0.3) is 0 Å². The number of pyridine rings is 1. The number of nitrogens with two attached hydrogens (primary N) is 4. The highest BCUT2D eigenvalue weighted by atomic mass is 16.5. The smallest absolute Gasteiger partial charge is 0.328 e. The molecule has 11 nitrogen and oxygen atoms in total. The average molecular weight is 414 g/mol. The van der Waals surface area contributed by atoms with Crippen molar-refractivity contribution in [2.45, 2.75) is 25.3 Å². The molecule has 160 valence electrons. The first-order valence-electron chi connectivity index (χ1n) is 9.39. The van der Waals surface area contributed by atoms with E-state index in [9.17, 15) is 9.59 Å². The predicted molar refractivity (Wildman–Crippen MR) is 113 cm³/mol. The van der Waals surface area contributed by atoms with E-state index in [1.54, 1.807) is 30.3 Å². The van der Waals surface area contributed by atoms with E-state index in [1.165, 1.54) is 6.07 Å². The molecule has 0 aliphatic heterocycles. The maximum absolute atomic E-state index is 12.2. The van der Waals surface area contributed by atoms with E-state index >= 15 is 0 Å². The van der Waals surface area contributed by atoms with Crippen molar-refractivity contribution in [3.8, 4) is 5.75 Å². The lowest BCUT2D eigenvalue weighted by Crippen LogP contribution is -2.34. The highest BCUT2D eigenvalue weighted by Crippen LogP contribution is 2.30. The minimum atomic E-state index is -0.752. The van der Waals surface area contributed by atoms with E-state index < -0.39 is 17.9 Å². The summed E-state index contributed by atoms with van der Waals surface area (Å²) in [5.41, 5.74) is 23.0. The van der Waals surface area contributed by atoms with Crippen LogP contribution in [0.1, 0.15) is 19.3 Å². The Labute approximate surface area is 173 Å². The number of nitrogen functional groups attached to an aromatic ring is 1. The summed E-state index contributed by atoms with van der Waals surface area (Å²) in [7, 11) is 0. The lowest BCUT2D eigenvalue weighted by Gasteiger charge is -2.12. The third-order valence-electron chi connectivity index (χ3n) is 3.97. The summed E-state index contributed by atoms with van der Waals surface area (Å²) in [6.45, 7) is 0.374. The van der Waals surface area contributed by atoms with E-state index in [-0.39, 0.29) is 29.6 Å². The molecular formula is C19H26N8O3. The summed E-state index contributed by atoms with van der Waals surface area (Å²) >= 11 is 0. The van der Waals surface area contributed by atoms with Gasteiger partial charge < -0.3 is 33.0 Å². The summed E-state index contributed by atoms with van der Waals surface area (Å²) in [4.78, 5) is 27.6. The van der Waals surface area contributed by atoms with Gasteiger partial charge in [0, 0.05) is 0 Å². The van der Waals surface area contributed by atoms with Crippen molar-refractivity contribution in [3.05, 3.63) is 36.4 Å². The molecular weight excluding hydrogens is 388 g/mol. The van der Waals surface area contributed by atoms with Gasteiger partial charge in [-0.1, -0.05) is 18.6 Å². The number of aromatic nitrogens is 1. The van der Waals surface area contributed by atoms with Gasteiger partial charge in [0.05, 0.1) is 6.54 Å². The Kier molecular flexibility index (Phi) is 8.81. The first kappa shape index (κ1) is 22.9. The zero-order chi connectivity index (χ0) is 21.9. The lowest BCUT2D eigenvalue weighted by atomic mass is 10.1. The van der Waals surface area contributed by atoms with Crippen LogP contribution in [0, 0.1) is 0 Å². The van der Waals surface area contributed by atoms with Crippen molar-refractivity contribution in [1.82, 2.24) is 4.98 Å². The summed E-state index contributed by atoms with van der Waals surface area (Å²) in [6.07, 6.45) is 2.01. The predicted octanol–water partition coefficient (Wildman–Crippen LogP) is 1.34. The van der Waals surface area contributed by atoms with Crippen molar-refractivity contribution in [2.75, 3.05) is 24.1 Å². The SMILES string of the molecule is NCCCC[C@H](N)C(=O)Oc1ccccc1N=Nc1ccc(NC(=O)CN)nc1N. The van der Waals surface area contributed by atoms with Crippen LogP contribution < -0.4 is 33.0 Å². The number of amides is 1. The van der Waals surface area contributed by atoms with Crippen molar-refractivity contribution in [2.24, 2.45) is 27.4 Å². The molecule has 0 radical (unpaired) electrons. The Bertz CT molecular complexity index is 903. The molecule has 1 aromatic heterocycles. The number of esters is 1. The van der Waals surface area contributed by atoms with Gasteiger partial charge >= 0.3 is 5.97 Å². The largest absolute Gasteiger partial charge is 0.423 e. The fourth-order valence-corrected chi connectivity index (χ4v) is 2.36. The fraction of sp³-hybridized carbons (Fsp3) is 0.316. The van der Waals surface area contributed by atoms with E-state index in [0.29, 0.717) is 18.7 Å². The summed E-state index contributed by atoms with van der Waals surface area (Å²) < 4.78 is 5.38. The number of hydrogen-bond donors (Lipinski definition) is 5. The van der Waals surface area contributed by atoms with Crippen LogP contribution in [-0.2, 0) is 9.59 Å². The van der Waals surface area contributed by atoms with Gasteiger partial charge in [-0.2, -0.15) is 0 Å². The van der Waals surface area contributed by atoms with Crippen molar-refractivity contribution in [3.63, 3.8) is 0 Å². The van der Waals surface area contributed by atoms with Gasteiger partial charge in [0.2, 0.25) is 5.91 Å². The number of carbonyl (C=O) groups is 2. The summed E-state index contributed by atoms with van der Waals surface area (Å²) in [6, 6.07) is 8.95. The first-order chi connectivity index (χ1) is 14.4. The molecule has 0 bridgehead atoms. The molecule has 9 N–H and O–H groups in total. The maximum atomic E-state index is 12.2. The quantitative estimate of drug-likeness (QED) is 0.166. The Morgan fingerprint density at radius 3 is 2.50 bits per heavy atom. The van der Waals surface area contributed by atoms with Crippen molar-refractivity contribution >= 4 is 34.9 Å². The summed E-state index contributed by atoms with van der Waals surface area (Å²) in [5.74, 6) is -0.423. The monoisotopic (exact) mass is 414 g/mol. The Morgan fingerprint density at radius 2 is 1.80 bits per heavy atom. The number of para-hydroxylation sites is 1. The van der Waals surface area contributed by atoms with E-state index in [4.69, 9.17) is 27.7 Å². The van der Waals surface area contributed by atoms with Crippen LogP contribution in [0.2, 0.25) is 0 Å². The topological polar surface area (TPSA) is 197 Å². The van der Waals surface area contributed by atoms with Crippen LogP contribution in [0.15, 0.2) is 46.6 Å². The third kappa shape index (κ3) is 6.88. The fourth-order valence-electron chi connectivity index (χ4n) is 2.36. The van der Waals surface area contributed by atoms with E-state index in [2.05, 4.69) is 20.5 Å². The number of rotatable bonds is 10. The number of benzene rings is 1. The second-order valence-electron chi connectivity index (χ2n) is 6.33. The molecule has 1 amide bonds. The second kappa shape index (κ2) is 11.6. The molecule has 2 aromatic rings. The molecule has 0 saturated carbocycles. The van der Waals surface area contributed by atoms with Gasteiger partial charge in [-0.15, -0.1) is 10.2 Å². The average Bonchev–Trinajstić information content (AvgIpc) is 2.74. The number of anilines is 2. The van der Waals surface area contributed by atoms with Crippen LogP contribution in [0.4, 0.5) is 23.0 Å². The van der Waals surface area contributed by atoms with Gasteiger partial charge in [0.25, 0.3) is 0 Å². The van der Waals surface area contributed by atoms with Crippen molar-refractivity contribution < 1.29 is 14.3 Å². The Hall–Kier alpha value is -3.41. The second-order valence-corrected chi connectivity index (χ2v) is 6.33. The molecule has 0 spiro atoms. The van der Waals surface area contributed by atoms with Crippen LogP contribution in [0.5, 0.6) is 5.75 Å². The molecule has 1 aromatic carbocycles. The van der Waals surface area contributed by atoms with E-state index in [0.717, 1.165) is 12.8 Å². The third-order valence-corrected chi connectivity index (χ3v) is 3.97. The highest BCUT2D eigenvalue weighted by molar-refractivity contribution is 5.91. The number of azo groups is 1. The van der Waals surface area contributed by atoms with Gasteiger partial charge in [0.15, 0.2) is 11.6 Å². The zero-order valence-electron chi connectivity index (χ0n) is 16.5. The normalized spacial score (nSPS) is 12.0. The van der Waals surface area contributed by atoms with Gasteiger partial charge in [-0.3, -0.25) is 4.79 Å². The zero-order valence-corrected chi connectivity index (χ0v) is 16.5. The molecule has 1 heterocycles. The number of ether oxygens (including phenoxy) is 1. The molecule has 0 aliphatic rings. The number of unbranched alkanes of at least 4 members (excludes halogenated alkanes) is 1. The molecule has 0 fully saturated rings. The molecule has 1 atom stereocenters. The summed E-state index contributed by atoms with van der Waals surface area (Å²) in [5, 5.41) is 10.6. The molecule has 2 rings (SSSR count). The number of nitrogens with one attached hydrogen (secondary N) is 1. The van der Waals surface area contributed by atoms with Crippen LogP contribution in [-0.4, -0.2) is 36.0 Å². The first-order valence-corrected chi connectivity index (χ1v) is 9.39. The van der Waals surface area contributed by atoms with Crippen LogP contribution in [0.3, 0.4) is 0 Å². The maximum Gasteiger partial charge on any atom is 0.328 e. The minimum Gasteiger partial charge on any atom is -0.423 e. The van der Waals surface area contributed by atoms with Gasteiger partial charge in [-0.05, 0) is 43.7 Å². The number of nitrogens with zero attached hydrogens (tertiary/aromatic N) is 3. The Morgan fingerprint density at radius 1 is 1.07 bits per heavy atom. The molecule has 0 saturated heterocycles. The molecule has 0 aliphatic carbocycles. The van der Waals surface area contributed by atoms with E-state index in [1.807, 2.05) is 0 Å². The molecule has 30 heavy (non-hydrogen) atoms. The molecule has 11 heteroatoms. The van der Waals surface area contributed by atoms with Gasteiger partial charge in [0.1, 0.15) is 23.2 Å². The minimum absolute atomic E-state index is 0.0602. The van der Waals surface area contributed by atoms with Gasteiger partial charge in [-0.25, -0.2) is 9.78 Å². The highest BCUT2D eigenvalue weighted by Gasteiger charge is 2.17. The van der Waals surface area contributed by atoms with Crippen molar-refractivity contribution in [1.29, 1.82) is 0 Å². The standard InChI is InChI=1S/C19H26N8O3/c20-10-4-3-5-12(22)19(29)30-15-7-2-1-6-13(15)26-27-14-8-9-16(25-18(14)23)24-17(28)11-21/h1-2,6-9,12H,3-5,10-11,20-22H2,(H3,23,24,25,28)/t12-/m0/s1. The van der Waals surface area contributed by atoms with Crippen LogP contribution >= 0.6 is 0 Å². The molecule has 0 unspecified atom stereocenters. The number of hydrogen-bond acceptors (Lipinski definition) is 10. The lowest BCUT2D eigenvalue weighted by molar-refractivity contribution is -0.136.